The fourth-order valence-corrected chi connectivity index (χ4v) is 2.08. The van der Waals surface area contributed by atoms with Crippen LogP contribution in [0.25, 0.3) is 0 Å². The Morgan fingerprint density at radius 2 is 1.41 bits per heavy atom. The van der Waals surface area contributed by atoms with Crippen LogP contribution >= 0.6 is 0 Å². The molecule has 0 spiro atoms. The topological polar surface area (TPSA) is 231 Å². The van der Waals surface area contributed by atoms with Crippen molar-refractivity contribution in [3.8, 4) is 0 Å². The average molecular weight is 417 g/mol. The van der Waals surface area contributed by atoms with Crippen molar-refractivity contribution in [2.45, 2.75) is 51.2 Å². The van der Waals surface area contributed by atoms with Crippen LogP contribution in [0.2, 0.25) is 0 Å². The van der Waals surface area contributed by atoms with Gasteiger partial charge in [0, 0.05) is 6.42 Å². The Hall–Kier alpha value is -3.22. The van der Waals surface area contributed by atoms with Gasteiger partial charge in [0.1, 0.15) is 18.6 Å². The maximum Gasteiger partial charge on any atom is 0.322 e. The van der Waals surface area contributed by atoms with E-state index in [4.69, 9.17) is 21.7 Å². The summed E-state index contributed by atoms with van der Waals surface area (Å²) in [6.07, 6.45) is -1.42. The van der Waals surface area contributed by atoms with E-state index in [1.807, 2.05) is 5.32 Å². The highest BCUT2D eigenvalue weighted by molar-refractivity contribution is 5.95. The SMILES string of the molecule is CC(C)C(N)C(=O)NC(CCC(=O)O)C(=O)NC(CC(N)=O)C(=O)NCC(=O)O. The van der Waals surface area contributed by atoms with Gasteiger partial charge in [0.15, 0.2) is 0 Å². The molecular formula is C16H27N5O8. The van der Waals surface area contributed by atoms with E-state index in [9.17, 15) is 28.8 Å². The van der Waals surface area contributed by atoms with Crippen LogP contribution in [0.5, 0.6) is 0 Å². The van der Waals surface area contributed by atoms with Crippen molar-refractivity contribution in [1.82, 2.24) is 16.0 Å². The molecule has 0 radical (unpaired) electrons. The highest BCUT2D eigenvalue weighted by atomic mass is 16.4. The molecule has 0 fully saturated rings. The number of carbonyl (C=O) groups excluding carboxylic acids is 4. The number of rotatable bonds is 13. The third-order valence-corrected chi connectivity index (χ3v) is 3.75. The first-order valence-corrected chi connectivity index (χ1v) is 8.71. The van der Waals surface area contributed by atoms with Gasteiger partial charge in [-0.25, -0.2) is 0 Å². The second-order valence-electron chi connectivity index (χ2n) is 6.61. The zero-order chi connectivity index (χ0) is 22.7. The van der Waals surface area contributed by atoms with E-state index >= 15 is 0 Å². The van der Waals surface area contributed by atoms with Crippen molar-refractivity contribution >= 4 is 35.6 Å². The molecular weight excluding hydrogens is 390 g/mol. The summed E-state index contributed by atoms with van der Waals surface area (Å²) < 4.78 is 0. The van der Waals surface area contributed by atoms with Gasteiger partial charge in [0.05, 0.1) is 12.5 Å². The molecule has 4 amide bonds. The predicted octanol–water partition coefficient (Wildman–Crippen LogP) is -3.12. The third kappa shape index (κ3) is 10.6. The summed E-state index contributed by atoms with van der Waals surface area (Å²) >= 11 is 0. The largest absolute Gasteiger partial charge is 0.481 e. The zero-order valence-corrected chi connectivity index (χ0v) is 16.1. The van der Waals surface area contributed by atoms with Crippen LogP contribution in [0.3, 0.4) is 0 Å². The van der Waals surface area contributed by atoms with E-state index in [2.05, 4.69) is 10.6 Å². The Labute approximate surface area is 166 Å². The maximum absolute atomic E-state index is 12.5. The molecule has 0 saturated carbocycles. The molecule has 29 heavy (non-hydrogen) atoms. The number of amides is 4. The second-order valence-corrected chi connectivity index (χ2v) is 6.61. The van der Waals surface area contributed by atoms with Crippen molar-refractivity contribution in [2.75, 3.05) is 6.54 Å². The number of carbonyl (C=O) groups is 6. The van der Waals surface area contributed by atoms with Crippen LogP contribution in [0.4, 0.5) is 0 Å². The highest BCUT2D eigenvalue weighted by Gasteiger charge is 2.30. The summed E-state index contributed by atoms with van der Waals surface area (Å²) in [5.41, 5.74) is 10.7. The van der Waals surface area contributed by atoms with Gasteiger partial charge in [-0.1, -0.05) is 13.8 Å². The Morgan fingerprint density at radius 1 is 0.862 bits per heavy atom. The molecule has 0 aliphatic rings. The summed E-state index contributed by atoms with van der Waals surface area (Å²) in [4.78, 5) is 69.2. The number of primary amides is 1. The quantitative estimate of drug-likeness (QED) is 0.160. The first-order chi connectivity index (χ1) is 13.3. The number of hydrogen-bond acceptors (Lipinski definition) is 7. The van der Waals surface area contributed by atoms with Crippen molar-refractivity contribution in [3.63, 3.8) is 0 Å². The normalized spacial score (nSPS) is 13.7. The van der Waals surface area contributed by atoms with E-state index in [0.29, 0.717) is 0 Å². The maximum atomic E-state index is 12.5. The summed E-state index contributed by atoms with van der Waals surface area (Å²) in [6.45, 7) is 2.59. The minimum Gasteiger partial charge on any atom is -0.481 e. The Bertz CT molecular complexity index is 651. The molecule has 0 saturated heterocycles. The third-order valence-electron chi connectivity index (χ3n) is 3.75. The molecule has 3 unspecified atom stereocenters. The zero-order valence-electron chi connectivity index (χ0n) is 16.1. The van der Waals surface area contributed by atoms with Gasteiger partial charge in [-0.05, 0) is 12.3 Å². The summed E-state index contributed by atoms with van der Waals surface area (Å²) in [7, 11) is 0. The smallest absolute Gasteiger partial charge is 0.322 e. The number of carboxylic acids is 2. The number of carboxylic acid groups (broad SMARTS) is 2. The van der Waals surface area contributed by atoms with Crippen LogP contribution in [0, 0.1) is 5.92 Å². The Kier molecular flexibility index (Phi) is 10.9. The summed E-state index contributed by atoms with van der Waals surface area (Å²) in [5, 5.41) is 23.9. The molecule has 0 bridgehead atoms. The fraction of sp³-hybridized carbons (Fsp3) is 0.625. The Balaban J connectivity index is 5.34. The molecule has 0 aromatic carbocycles. The molecule has 0 rings (SSSR count). The highest BCUT2D eigenvalue weighted by Crippen LogP contribution is 2.04. The number of hydrogen-bond donors (Lipinski definition) is 7. The first kappa shape index (κ1) is 25.8. The summed E-state index contributed by atoms with van der Waals surface area (Å²) in [5.74, 6) is -6.42. The molecule has 3 atom stereocenters. The minimum absolute atomic E-state index is 0.261. The van der Waals surface area contributed by atoms with E-state index < -0.39 is 73.1 Å². The lowest BCUT2D eigenvalue weighted by molar-refractivity contribution is -0.139. The molecule has 13 nitrogen and oxygen atoms in total. The van der Waals surface area contributed by atoms with Crippen molar-refractivity contribution < 1.29 is 39.0 Å². The fourth-order valence-electron chi connectivity index (χ4n) is 2.08. The lowest BCUT2D eigenvalue weighted by Crippen LogP contribution is -2.57. The van der Waals surface area contributed by atoms with Gasteiger partial charge >= 0.3 is 11.9 Å². The van der Waals surface area contributed by atoms with Crippen molar-refractivity contribution in [2.24, 2.45) is 17.4 Å². The van der Waals surface area contributed by atoms with E-state index in [1.165, 1.54) is 0 Å². The first-order valence-electron chi connectivity index (χ1n) is 8.71. The molecule has 13 heteroatoms. The molecule has 0 heterocycles. The Morgan fingerprint density at radius 3 is 1.86 bits per heavy atom. The van der Waals surface area contributed by atoms with E-state index in [1.54, 1.807) is 13.8 Å². The van der Waals surface area contributed by atoms with Gasteiger partial charge in [-0.15, -0.1) is 0 Å². The molecule has 0 aliphatic heterocycles. The van der Waals surface area contributed by atoms with Gasteiger partial charge in [-0.2, -0.15) is 0 Å². The standard InChI is InChI=1S/C16H27N5O8/c1-7(2)13(18)16(29)20-8(3-4-11(23)24)15(28)21-9(5-10(17)22)14(27)19-6-12(25)26/h7-9,13H,3-6,18H2,1-2H3,(H2,17,22)(H,19,27)(H,20,29)(H,21,28)(H,23,24)(H,25,26). The molecule has 9 N–H and O–H groups in total. The van der Waals surface area contributed by atoms with Crippen LogP contribution in [-0.4, -0.2) is 70.5 Å². The molecule has 0 aromatic rings. The molecule has 0 aliphatic carbocycles. The minimum atomic E-state index is -1.51. The molecule has 0 aromatic heterocycles. The second kappa shape index (κ2) is 12.3. The van der Waals surface area contributed by atoms with Gasteiger partial charge in [0.2, 0.25) is 23.6 Å². The van der Waals surface area contributed by atoms with E-state index in [-0.39, 0.29) is 12.3 Å². The van der Waals surface area contributed by atoms with Gasteiger partial charge < -0.3 is 37.6 Å². The van der Waals surface area contributed by atoms with Gasteiger partial charge in [0.25, 0.3) is 0 Å². The van der Waals surface area contributed by atoms with E-state index in [0.717, 1.165) is 0 Å². The lowest BCUT2D eigenvalue weighted by atomic mass is 10.0. The lowest BCUT2D eigenvalue weighted by Gasteiger charge is -2.24. The van der Waals surface area contributed by atoms with Crippen LogP contribution in [-0.2, 0) is 28.8 Å². The van der Waals surface area contributed by atoms with Crippen molar-refractivity contribution in [1.29, 1.82) is 0 Å². The van der Waals surface area contributed by atoms with Gasteiger partial charge in [-0.3, -0.25) is 28.8 Å². The number of nitrogens with two attached hydrogens (primary N) is 2. The van der Waals surface area contributed by atoms with Crippen LogP contribution in [0.1, 0.15) is 33.1 Å². The number of nitrogens with one attached hydrogen (secondary N) is 3. The van der Waals surface area contributed by atoms with Crippen LogP contribution in [0.15, 0.2) is 0 Å². The average Bonchev–Trinajstić information content (AvgIpc) is 2.60. The molecule has 164 valence electrons. The number of aliphatic carboxylic acids is 2. The van der Waals surface area contributed by atoms with Crippen molar-refractivity contribution in [3.05, 3.63) is 0 Å². The summed E-state index contributed by atoms with van der Waals surface area (Å²) in [6, 6.07) is -3.83. The van der Waals surface area contributed by atoms with Crippen LogP contribution < -0.4 is 27.4 Å². The monoisotopic (exact) mass is 417 g/mol. The predicted molar refractivity (Wildman–Crippen MR) is 98.0 cm³/mol.